The molecular weight excluding hydrogens is 416 g/mol. The van der Waals surface area contributed by atoms with E-state index < -0.39 is 15.1 Å². The quantitative estimate of drug-likeness (QED) is 0.741. The minimum atomic E-state index is -3.37. The third-order valence-electron chi connectivity index (χ3n) is 5.39. The Morgan fingerprint density at radius 2 is 1.73 bits per heavy atom. The standard InChI is InChI=1S/C19H19BrN2O3S/c20-14-8-13(11-21-12-14)19(23)22-15-6-7-16(22)10-18(9-15)26(24,25)17-4-2-1-3-5-17/h1-5,8,11-12,15-16,18H,6-7,9-10H2. The molecule has 0 radical (unpaired) electrons. The van der Waals surface area contributed by atoms with Gasteiger partial charge in [-0.15, -0.1) is 0 Å². The Morgan fingerprint density at radius 1 is 1.08 bits per heavy atom. The second kappa shape index (κ2) is 6.78. The highest BCUT2D eigenvalue weighted by Gasteiger charge is 2.47. The first kappa shape index (κ1) is 17.7. The number of pyridine rings is 1. The number of hydrogen-bond acceptors (Lipinski definition) is 4. The van der Waals surface area contributed by atoms with Gasteiger partial charge in [0, 0.05) is 29.0 Å². The van der Waals surface area contributed by atoms with Crippen LogP contribution >= 0.6 is 15.9 Å². The summed E-state index contributed by atoms with van der Waals surface area (Å²) < 4.78 is 26.7. The van der Waals surface area contributed by atoms with Gasteiger partial charge in [-0.2, -0.15) is 0 Å². The number of carbonyl (C=O) groups excluding carboxylic acids is 1. The molecule has 7 heteroatoms. The van der Waals surface area contributed by atoms with Crippen LogP contribution in [0.5, 0.6) is 0 Å². The number of aromatic nitrogens is 1. The van der Waals surface area contributed by atoms with Crippen LogP contribution in [0.3, 0.4) is 0 Å². The van der Waals surface area contributed by atoms with Gasteiger partial charge >= 0.3 is 0 Å². The minimum absolute atomic E-state index is 0.0243. The molecule has 2 unspecified atom stereocenters. The van der Waals surface area contributed by atoms with Crippen molar-refractivity contribution < 1.29 is 13.2 Å². The van der Waals surface area contributed by atoms with Crippen LogP contribution in [-0.4, -0.2) is 41.5 Å². The summed E-state index contributed by atoms with van der Waals surface area (Å²) >= 11 is 3.35. The Balaban J connectivity index is 1.57. The number of benzene rings is 1. The van der Waals surface area contributed by atoms with Crippen molar-refractivity contribution in [3.63, 3.8) is 0 Å². The lowest BCUT2D eigenvalue weighted by atomic mass is 10.0. The number of halogens is 1. The third-order valence-corrected chi connectivity index (χ3v) is 8.01. The molecule has 2 fully saturated rings. The first-order valence-corrected chi connectivity index (χ1v) is 11.0. The largest absolute Gasteiger partial charge is 0.333 e. The van der Waals surface area contributed by atoms with Gasteiger partial charge in [0.05, 0.1) is 15.7 Å². The molecule has 2 aliphatic heterocycles. The maximum atomic E-state index is 13.0. The summed E-state index contributed by atoms with van der Waals surface area (Å²) in [5, 5.41) is -0.424. The normalized spacial score (nSPS) is 25.3. The van der Waals surface area contributed by atoms with E-state index in [4.69, 9.17) is 0 Å². The van der Waals surface area contributed by atoms with E-state index in [0.717, 1.165) is 17.3 Å². The SMILES string of the molecule is O=C(c1cncc(Br)c1)N1C2CCC1CC(S(=O)(=O)c1ccccc1)C2. The topological polar surface area (TPSA) is 67.3 Å². The van der Waals surface area contributed by atoms with E-state index in [1.165, 1.54) is 0 Å². The van der Waals surface area contributed by atoms with Gasteiger partial charge < -0.3 is 4.90 Å². The Kier molecular flexibility index (Phi) is 4.61. The second-order valence-electron chi connectivity index (χ2n) is 6.94. The molecule has 5 nitrogen and oxygen atoms in total. The summed E-state index contributed by atoms with van der Waals surface area (Å²) in [6.07, 6.45) is 5.93. The van der Waals surface area contributed by atoms with Crippen LogP contribution in [0.2, 0.25) is 0 Å². The van der Waals surface area contributed by atoms with Gasteiger partial charge in [-0.1, -0.05) is 18.2 Å². The first-order valence-electron chi connectivity index (χ1n) is 8.69. The molecule has 2 bridgehead atoms. The zero-order chi connectivity index (χ0) is 18.3. The number of carbonyl (C=O) groups is 1. The van der Waals surface area contributed by atoms with Gasteiger partial charge in [-0.05, 0) is 59.8 Å². The van der Waals surface area contributed by atoms with E-state index >= 15 is 0 Å². The van der Waals surface area contributed by atoms with Crippen LogP contribution in [0.1, 0.15) is 36.0 Å². The van der Waals surface area contributed by atoms with E-state index in [-0.39, 0.29) is 18.0 Å². The predicted molar refractivity (Wildman–Crippen MR) is 102 cm³/mol. The van der Waals surface area contributed by atoms with Crippen molar-refractivity contribution in [2.45, 2.75) is 47.9 Å². The number of rotatable bonds is 3. The molecule has 0 aliphatic carbocycles. The first-order chi connectivity index (χ1) is 12.5. The zero-order valence-electron chi connectivity index (χ0n) is 14.1. The van der Waals surface area contributed by atoms with Crippen molar-refractivity contribution in [2.75, 3.05) is 0 Å². The Labute approximate surface area is 161 Å². The molecule has 2 saturated heterocycles. The molecule has 0 N–H and O–H groups in total. The predicted octanol–water partition coefficient (Wildman–Crippen LogP) is 3.45. The van der Waals surface area contributed by atoms with Crippen molar-refractivity contribution in [2.24, 2.45) is 0 Å². The second-order valence-corrected chi connectivity index (χ2v) is 10.1. The van der Waals surface area contributed by atoms with E-state index in [1.54, 1.807) is 42.7 Å². The maximum absolute atomic E-state index is 13.0. The molecule has 2 aromatic rings. The molecule has 2 atom stereocenters. The molecule has 3 heterocycles. The van der Waals surface area contributed by atoms with Crippen LogP contribution in [0.25, 0.3) is 0 Å². The highest BCUT2D eigenvalue weighted by molar-refractivity contribution is 9.10. The van der Waals surface area contributed by atoms with E-state index in [2.05, 4.69) is 20.9 Å². The summed E-state index contributed by atoms with van der Waals surface area (Å²) in [6.45, 7) is 0. The summed E-state index contributed by atoms with van der Waals surface area (Å²) in [5.41, 5.74) is 0.542. The molecular formula is C19H19BrN2O3S. The number of hydrogen-bond donors (Lipinski definition) is 0. The summed E-state index contributed by atoms with van der Waals surface area (Å²) in [4.78, 5) is 19.3. The van der Waals surface area contributed by atoms with Gasteiger partial charge in [-0.25, -0.2) is 8.42 Å². The van der Waals surface area contributed by atoms with Gasteiger partial charge in [0.1, 0.15) is 0 Å². The number of piperidine rings is 1. The van der Waals surface area contributed by atoms with Crippen LogP contribution in [0.4, 0.5) is 0 Å². The Bertz CT molecular complexity index is 919. The van der Waals surface area contributed by atoms with Gasteiger partial charge in [-0.3, -0.25) is 9.78 Å². The number of amides is 1. The maximum Gasteiger partial charge on any atom is 0.255 e. The average molecular weight is 435 g/mol. The Morgan fingerprint density at radius 3 is 2.35 bits per heavy atom. The smallest absolute Gasteiger partial charge is 0.255 e. The van der Waals surface area contributed by atoms with Crippen molar-refractivity contribution in [1.29, 1.82) is 0 Å². The highest BCUT2D eigenvalue weighted by atomic mass is 79.9. The number of nitrogens with zero attached hydrogens (tertiary/aromatic N) is 2. The van der Waals surface area contributed by atoms with Gasteiger partial charge in [0.2, 0.25) is 0 Å². The fraction of sp³-hybridized carbons (Fsp3) is 0.368. The lowest BCUT2D eigenvalue weighted by molar-refractivity contribution is 0.0597. The van der Waals surface area contributed by atoms with E-state index in [1.807, 2.05) is 11.0 Å². The summed E-state index contributed by atoms with van der Waals surface area (Å²) in [7, 11) is -3.37. The van der Waals surface area contributed by atoms with E-state index in [0.29, 0.717) is 23.3 Å². The monoisotopic (exact) mass is 434 g/mol. The number of sulfone groups is 1. The van der Waals surface area contributed by atoms with Crippen LogP contribution in [0.15, 0.2) is 58.2 Å². The van der Waals surface area contributed by atoms with Gasteiger partial charge in [0.15, 0.2) is 9.84 Å². The molecule has 0 saturated carbocycles. The van der Waals surface area contributed by atoms with Crippen molar-refractivity contribution in [3.05, 3.63) is 58.8 Å². The fourth-order valence-corrected chi connectivity index (χ4v) is 6.43. The summed E-state index contributed by atoms with van der Waals surface area (Å²) in [5.74, 6) is -0.0538. The van der Waals surface area contributed by atoms with Crippen molar-refractivity contribution >= 4 is 31.7 Å². The molecule has 1 amide bonds. The molecule has 4 rings (SSSR count). The minimum Gasteiger partial charge on any atom is -0.333 e. The molecule has 1 aromatic heterocycles. The average Bonchev–Trinajstić information content (AvgIpc) is 2.90. The molecule has 136 valence electrons. The fourth-order valence-electron chi connectivity index (χ4n) is 4.19. The lowest BCUT2D eigenvalue weighted by Crippen LogP contribution is -2.49. The zero-order valence-corrected chi connectivity index (χ0v) is 16.5. The van der Waals surface area contributed by atoms with Crippen molar-refractivity contribution in [1.82, 2.24) is 9.88 Å². The van der Waals surface area contributed by atoms with Gasteiger partial charge in [0.25, 0.3) is 5.91 Å². The molecule has 1 aromatic carbocycles. The molecule has 0 spiro atoms. The number of fused-ring (bicyclic) bond motifs is 2. The third kappa shape index (κ3) is 3.07. The summed E-state index contributed by atoms with van der Waals surface area (Å²) in [6, 6.07) is 10.3. The Hall–Kier alpha value is -1.73. The van der Waals surface area contributed by atoms with Crippen LogP contribution < -0.4 is 0 Å². The molecule has 2 aliphatic rings. The van der Waals surface area contributed by atoms with Crippen LogP contribution in [-0.2, 0) is 9.84 Å². The van der Waals surface area contributed by atoms with E-state index in [9.17, 15) is 13.2 Å². The molecule has 26 heavy (non-hydrogen) atoms. The highest BCUT2D eigenvalue weighted by Crippen LogP contribution is 2.40. The van der Waals surface area contributed by atoms with Crippen LogP contribution in [0, 0.1) is 0 Å². The van der Waals surface area contributed by atoms with Crippen molar-refractivity contribution in [3.8, 4) is 0 Å². The lowest BCUT2D eigenvalue weighted by Gasteiger charge is -2.38.